The Balaban J connectivity index is 1.42. The lowest BCUT2D eigenvalue weighted by Gasteiger charge is -2.23. The Morgan fingerprint density at radius 3 is 2.46 bits per heavy atom. The molecule has 2 aromatic carbocycles. The number of ether oxygens (including phenoxy) is 1. The molecule has 0 radical (unpaired) electrons. The van der Waals surface area contributed by atoms with Crippen molar-refractivity contribution >= 4 is 11.6 Å². The van der Waals surface area contributed by atoms with Crippen LogP contribution in [0.5, 0.6) is 5.75 Å². The molecule has 1 saturated carbocycles. The van der Waals surface area contributed by atoms with Crippen LogP contribution in [0.1, 0.15) is 42.7 Å². The molecular formula is C21H21N3O2. The topological polar surface area (TPSA) is 74.5 Å². The molecule has 0 aliphatic heterocycles. The fraction of sp³-hybridized carbons (Fsp3) is 0.286. The first-order valence-corrected chi connectivity index (χ1v) is 8.77. The summed E-state index contributed by atoms with van der Waals surface area (Å²) in [4.78, 5) is 11.9. The zero-order valence-electron chi connectivity index (χ0n) is 14.5. The number of nitrogens with one attached hydrogen (secondary N) is 1. The fourth-order valence-corrected chi connectivity index (χ4v) is 3.07. The molecular weight excluding hydrogens is 326 g/mol. The van der Waals surface area contributed by atoms with Crippen molar-refractivity contribution in [1.82, 2.24) is 5.43 Å². The van der Waals surface area contributed by atoms with Crippen LogP contribution in [0.25, 0.3) is 0 Å². The molecule has 0 saturated heterocycles. The second kappa shape index (κ2) is 8.82. The van der Waals surface area contributed by atoms with Gasteiger partial charge in [0.2, 0.25) is 0 Å². The predicted octanol–water partition coefficient (Wildman–Crippen LogP) is 3.77. The molecule has 0 spiro atoms. The van der Waals surface area contributed by atoms with Crippen LogP contribution in [0.4, 0.5) is 0 Å². The van der Waals surface area contributed by atoms with Crippen LogP contribution in [0, 0.1) is 11.3 Å². The Labute approximate surface area is 153 Å². The van der Waals surface area contributed by atoms with Crippen molar-refractivity contribution in [2.75, 3.05) is 6.61 Å². The van der Waals surface area contributed by atoms with Crippen LogP contribution in [0.15, 0.2) is 59.7 Å². The minimum atomic E-state index is -0.285. The van der Waals surface area contributed by atoms with Crippen LogP contribution in [-0.4, -0.2) is 18.2 Å². The summed E-state index contributed by atoms with van der Waals surface area (Å²) in [6, 6.07) is 19.2. The average Bonchev–Trinajstić information content (AvgIpc) is 2.72. The highest BCUT2D eigenvalue weighted by atomic mass is 16.5. The predicted molar refractivity (Wildman–Crippen MR) is 99.9 cm³/mol. The van der Waals surface area contributed by atoms with E-state index in [1.54, 1.807) is 24.3 Å². The number of carbonyl (C=O) groups excluding carboxylic acids is 1. The molecule has 1 N–H and O–H groups in total. The second-order valence-corrected chi connectivity index (χ2v) is 6.32. The van der Waals surface area contributed by atoms with Crippen LogP contribution in [0.2, 0.25) is 0 Å². The Morgan fingerprint density at radius 2 is 1.81 bits per heavy atom. The molecule has 0 unspecified atom stereocenters. The van der Waals surface area contributed by atoms with E-state index in [0.717, 1.165) is 31.4 Å². The van der Waals surface area contributed by atoms with E-state index in [4.69, 9.17) is 10.00 Å². The molecule has 1 aliphatic carbocycles. The van der Waals surface area contributed by atoms with Crippen molar-refractivity contribution in [3.63, 3.8) is 0 Å². The highest BCUT2D eigenvalue weighted by Gasteiger charge is 2.19. The lowest BCUT2D eigenvalue weighted by molar-refractivity contribution is -0.123. The Morgan fingerprint density at radius 1 is 1.12 bits per heavy atom. The van der Waals surface area contributed by atoms with E-state index in [2.05, 4.69) is 34.8 Å². The molecule has 5 nitrogen and oxygen atoms in total. The number of rotatable bonds is 5. The molecule has 1 amide bonds. The highest BCUT2D eigenvalue weighted by molar-refractivity contribution is 5.87. The molecule has 0 aromatic heterocycles. The Bertz CT molecular complexity index is 797. The molecule has 0 bridgehead atoms. The van der Waals surface area contributed by atoms with Gasteiger partial charge in [-0.2, -0.15) is 10.4 Å². The number of hydrogen-bond donors (Lipinski definition) is 1. The maximum atomic E-state index is 11.9. The van der Waals surface area contributed by atoms with E-state index >= 15 is 0 Å². The number of nitrogens with zero attached hydrogens (tertiary/aromatic N) is 2. The first kappa shape index (κ1) is 17.7. The number of benzene rings is 2. The van der Waals surface area contributed by atoms with Gasteiger partial charge < -0.3 is 4.74 Å². The van der Waals surface area contributed by atoms with Gasteiger partial charge >= 0.3 is 0 Å². The van der Waals surface area contributed by atoms with Crippen molar-refractivity contribution in [1.29, 1.82) is 5.26 Å². The smallest absolute Gasteiger partial charge is 0.277 e. The second-order valence-electron chi connectivity index (χ2n) is 6.32. The third kappa shape index (κ3) is 4.93. The quantitative estimate of drug-likeness (QED) is 0.837. The maximum absolute atomic E-state index is 11.9. The van der Waals surface area contributed by atoms with Gasteiger partial charge in [-0.3, -0.25) is 4.79 Å². The number of nitriles is 1. The number of amides is 1. The molecule has 0 heterocycles. The lowest BCUT2D eigenvalue weighted by atomic mass is 9.83. The van der Waals surface area contributed by atoms with Crippen molar-refractivity contribution in [2.24, 2.45) is 5.10 Å². The maximum Gasteiger partial charge on any atom is 0.277 e. The number of carbonyl (C=O) groups is 1. The summed E-state index contributed by atoms with van der Waals surface area (Å²) < 4.78 is 5.39. The van der Waals surface area contributed by atoms with E-state index < -0.39 is 0 Å². The van der Waals surface area contributed by atoms with Crippen molar-refractivity contribution in [3.8, 4) is 11.8 Å². The van der Waals surface area contributed by atoms with Gasteiger partial charge in [-0.15, -0.1) is 0 Å². The SMILES string of the molecule is N#Cc1ccc(OCC(=O)NN=C2CCC(c3ccccc3)CC2)cc1. The molecule has 2 aromatic rings. The van der Waals surface area contributed by atoms with E-state index in [9.17, 15) is 4.79 Å². The monoisotopic (exact) mass is 347 g/mol. The zero-order valence-corrected chi connectivity index (χ0v) is 14.5. The summed E-state index contributed by atoms with van der Waals surface area (Å²) in [7, 11) is 0. The first-order chi connectivity index (χ1) is 12.7. The van der Waals surface area contributed by atoms with Gasteiger partial charge in [-0.05, 0) is 61.4 Å². The van der Waals surface area contributed by atoms with Crippen molar-refractivity contribution in [2.45, 2.75) is 31.6 Å². The number of hydrazone groups is 1. The third-order valence-corrected chi connectivity index (χ3v) is 4.53. The summed E-state index contributed by atoms with van der Waals surface area (Å²) in [5.41, 5.74) is 5.54. The van der Waals surface area contributed by atoms with Crippen molar-refractivity contribution in [3.05, 3.63) is 65.7 Å². The summed E-state index contributed by atoms with van der Waals surface area (Å²) >= 11 is 0. The molecule has 3 rings (SSSR count). The minimum absolute atomic E-state index is 0.102. The highest BCUT2D eigenvalue weighted by Crippen LogP contribution is 2.31. The summed E-state index contributed by atoms with van der Waals surface area (Å²) in [5, 5.41) is 13.0. The minimum Gasteiger partial charge on any atom is -0.484 e. The van der Waals surface area contributed by atoms with E-state index in [1.807, 2.05) is 12.1 Å². The largest absolute Gasteiger partial charge is 0.484 e. The molecule has 0 atom stereocenters. The van der Waals surface area contributed by atoms with Gasteiger partial charge in [0.15, 0.2) is 6.61 Å². The van der Waals surface area contributed by atoms with E-state index in [0.29, 0.717) is 17.2 Å². The first-order valence-electron chi connectivity index (χ1n) is 8.77. The van der Waals surface area contributed by atoms with Crippen molar-refractivity contribution < 1.29 is 9.53 Å². The lowest BCUT2D eigenvalue weighted by Crippen LogP contribution is -2.26. The van der Waals surface area contributed by atoms with Crippen LogP contribution < -0.4 is 10.2 Å². The summed E-state index contributed by atoms with van der Waals surface area (Å²) in [6.07, 6.45) is 3.91. The average molecular weight is 347 g/mol. The third-order valence-electron chi connectivity index (χ3n) is 4.53. The van der Waals surface area contributed by atoms with Gasteiger partial charge in [0.1, 0.15) is 5.75 Å². The summed E-state index contributed by atoms with van der Waals surface area (Å²) in [6.45, 7) is -0.102. The van der Waals surface area contributed by atoms with Gasteiger partial charge in [0, 0.05) is 5.71 Å². The molecule has 26 heavy (non-hydrogen) atoms. The normalized spacial score (nSPS) is 16.4. The Hall–Kier alpha value is -3.13. The molecule has 1 fully saturated rings. The van der Waals surface area contributed by atoms with Crippen LogP contribution in [0.3, 0.4) is 0 Å². The van der Waals surface area contributed by atoms with Gasteiger partial charge in [0.25, 0.3) is 5.91 Å². The van der Waals surface area contributed by atoms with E-state index in [1.165, 1.54) is 5.56 Å². The molecule has 5 heteroatoms. The molecule has 132 valence electrons. The zero-order chi connectivity index (χ0) is 18.2. The standard InChI is InChI=1S/C21H21N3O2/c22-14-16-6-12-20(13-7-16)26-15-21(25)24-23-19-10-8-18(9-11-19)17-4-2-1-3-5-17/h1-7,12-13,18H,8-11,15H2,(H,24,25). The Kier molecular flexibility index (Phi) is 6.00. The summed E-state index contributed by atoms with van der Waals surface area (Å²) in [5.74, 6) is 0.841. The fourth-order valence-electron chi connectivity index (χ4n) is 3.07. The van der Waals surface area contributed by atoms with Gasteiger partial charge in [-0.25, -0.2) is 5.43 Å². The van der Waals surface area contributed by atoms with Crippen LogP contribution >= 0.6 is 0 Å². The molecule has 1 aliphatic rings. The number of hydrogen-bond acceptors (Lipinski definition) is 4. The van der Waals surface area contributed by atoms with Crippen LogP contribution in [-0.2, 0) is 4.79 Å². The van der Waals surface area contributed by atoms with Gasteiger partial charge in [0.05, 0.1) is 11.6 Å². The van der Waals surface area contributed by atoms with E-state index in [-0.39, 0.29) is 12.5 Å². The van der Waals surface area contributed by atoms with Gasteiger partial charge in [-0.1, -0.05) is 30.3 Å².